The van der Waals surface area contributed by atoms with Crippen molar-refractivity contribution in [1.29, 1.82) is 0 Å². The van der Waals surface area contributed by atoms with Gasteiger partial charge in [0.2, 0.25) is 0 Å². The Labute approximate surface area is 181 Å². The highest BCUT2D eigenvalue weighted by Crippen LogP contribution is 2.45. The maximum Gasteiger partial charge on any atom is 0.335 e. The number of rotatable bonds is 7. The van der Waals surface area contributed by atoms with Gasteiger partial charge in [0.05, 0.1) is 11.3 Å². The Hall–Kier alpha value is -1.93. The van der Waals surface area contributed by atoms with Gasteiger partial charge in [-0.25, -0.2) is 4.79 Å². The predicted molar refractivity (Wildman–Crippen MR) is 122 cm³/mol. The van der Waals surface area contributed by atoms with Crippen LogP contribution in [0, 0.1) is 6.92 Å². The largest absolute Gasteiger partial charge is 0.612 e. The summed E-state index contributed by atoms with van der Waals surface area (Å²) in [7, 11) is 0. The molecule has 29 heavy (non-hydrogen) atoms. The molecule has 0 spiro atoms. The van der Waals surface area contributed by atoms with Gasteiger partial charge in [0.1, 0.15) is 6.26 Å². The topological polar surface area (TPSA) is 72.4 Å². The lowest BCUT2D eigenvalue weighted by Gasteiger charge is -2.15. The molecular formula is C22H21NO3S3. The van der Waals surface area contributed by atoms with E-state index in [1.807, 2.05) is 24.3 Å². The van der Waals surface area contributed by atoms with Crippen LogP contribution in [0.3, 0.4) is 0 Å². The van der Waals surface area contributed by atoms with Crippen molar-refractivity contribution in [3.8, 4) is 10.4 Å². The number of aryl methyl sites for hydroxylation is 1. The van der Waals surface area contributed by atoms with Gasteiger partial charge in [-0.15, -0.1) is 11.3 Å². The number of benzene rings is 2. The van der Waals surface area contributed by atoms with Gasteiger partial charge in [-0.3, -0.25) is 0 Å². The minimum atomic E-state index is -1.08. The van der Waals surface area contributed by atoms with Gasteiger partial charge in [-0.2, -0.15) is 0 Å². The highest BCUT2D eigenvalue weighted by Gasteiger charge is 2.27. The highest BCUT2D eigenvalue weighted by atomic mass is 32.2. The molecule has 1 aliphatic rings. The van der Waals surface area contributed by atoms with E-state index in [4.69, 9.17) is 0 Å². The van der Waals surface area contributed by atoms with Crippen molar-refractivity contribution < 1.29 is 14.5 Å². The Morgan fingerprint density at radius 3 is 2.62 bits per heavy atom. The zero-order valence-corrected chi connectivity index (χ0v) is 18.5. The average Bonchev–Trinajstić information content (AvgIpc) is 3.46. The maximum atomic E-state index is 12.0. The third kappa shape index (κ3) is 4.64. The lowest BCUT2D eigenvalue weighted by Crippen LogP contribution is -2.01. The van der Waals surface area contributed by atoms with Crippen molar-refractivity contribution in [1.82, 2.24) is 0 Å². The molecule has 3 aromatic rings. The first kappa shape index (κ1) is 20.3. The van der Waals surface area contributed by atoms with Crippen LogP contribution in [-0.4, -0.2) is 21.9 Å². The van der Waals surface area contributed by atoms with E-state index in [1.165, 1.54) is 22.4 Å². The van der Waals surface area contributed by atoms with E-state index < -0.39 is 17.1 Å². The van der Waals surface area contributed by atoms with Crippen LogP contribution in [-0.2, 0) is 11.2 Å². The van der Waals surface area contributed by atoms with Crippen LogP contribution in [0.5, 0.6) is 0 Å². The lowest BCUT2D eigenvalue weighted by molar-refractivity contribution is 0.0696. The number of carboxylic acid groups (broad SMARTS) is 1. The molecule has 1 unspecified atom stereocenters. The number of hydrogen-bond acceptors (Lipinski definition) is 5. The van der Waals surface area contributed by atoms with E-state index in [-0.39, 0.29) is 5.56 Å². The second-order valence-electron chi connectivity index (χ2n) is 7.11. The zero-order valence-electron chi connectivity index (χ0n) is 16.1. The van der Waals surface area contributed by atoms with Gasteiger partial charge in [0, 0.05) is 26.3 Å². The van der Waals surface area contributed by atoms with Crippen LogP contribution >= 0.6 is 23.3 Å². The number of aromatic carboxylic acids is 1. The van der Waals surface area contributed by atoms with Crippen LogP contribution < -0.4 is 4.72 Å². The Morgan fingerprint density at radius 1 is 1.21 bits per heavy atom. The summed E-state index contributed by atoms with van der Waals surface area (Å²) in [5, 5.41) is 9.37. The van der Waals surface area contributed by atoms with Gasteiger partial charge in [0.25, 0.3) is 0 Å². The van der Waals surface area contributed by atoms with Crippen LogP contribution in [0.25, 0.3) is 10.4 Å². The third-order valence-corrected chi connectivity index (χ3v) is 7.72. The van der Waals surface area contributed by atoms with Crippen molar-refractivity contribution >= 4 is 46.1 Å². The molecule has 1 atom stereocenters. The third-order valence-electron chi connectivity index (χ3n) is 4.88. The van der Waals surface area contributed by atoms with Gasteiger partial charge in [-0.05, 0) is 90.8 Å². The summed E-state index contributed by atoms with van der Waals surface area (Å²) >= 11 is 2.06. The molecular weight excluding hydrogens is 422 g/mol. The van der Waals surface area contributed by atoms with Crippen LogP contribution in [0.1, 0.15) is 39.6 Å². The van der Waals surface area contributed by atoms with Gasteiger partial charge >= 0.3 is 5.97 Å². The van der Waals surface area contributed by atoms with E-state index in [9.17, 15) is 14.5 Å². The number of hydrogen-bond donors (Lipinski definition) is 2. The predicted octanol–water partition coefficient (Wildman–Crippen LogP) is 6.16. The number of thiophene rings is 1. The molecule has 1 fully saturated rings. The summed E-state index contributed by atoms with van der Waals surface area (Å²) in [6, 6.07) is 15.4. The Bertz CT molecular complexity index is 1060. The normalized spacial score (nSPS) is 14.6. The monoisotopic (exact) mass is 443 g/mol. The zero-order chi connectivity index (χ0) is 20.5. The molecule has 0 bridgehead atoms. The Morgan fingerprint density at radius 2 is 2.00 bits per heavy atom. The minimum absolute atomic E-state index is 0.288. The van der Waals surface area contributed by atoms with Crippen molar-refractivity contribution in [3.63, 3.8) is 0 Å². The first-order valence-electron chi connectivity index (χ1n) is 9.27. The number of anilines is 1. The van der Waals surface area contributed by atoms with Crippen LogP contribution in [0.4, 0.5) is 5.69 Å². The first-order chi connectivity index (χ1) is 13.9. The molecule has 0 aliphatic heterocycles. The van der Waals surface area contributed by atoms with E-state index in [1.54, 1.807) is 29.7 Å². The number of carboxylic acids is 1. The molecule has 1 aliphatic carbocycles. The van der Waals surface area contributed by atoms with E-state index >= 15 is 0 Å². The molecule has 4 nitrogen and oxygen atoms in total. The molecule has 0 amide bonds. The lowest BCUT2D eigenvalue weighted by atomic mass is 10.1. The molecule has 150 valence electrons. The summed E-state index contributed by atoms with van der Waals surface area (Å²) < 4.78 is 15.4. The summed E-state index contributed by atoms with van der Waals surface area (Å²) in [5.41, 5.74) is 3.41. The van der Waals surface area contributed by atoms with E-state index in [0.29, 0.717) is 5.92 Å². The standard InChI is InChI=1S/C22H21NO3S3/c1-13-3-10-20(27-13)18-9-7-16(29(2)26)12-19(18)23-28-21-11-15(22(24)25)6-8-17(21)14-4-5-14/h3,6-12,14,23H,4-5H2,1-2H3,(H,24,25). The van der Waals surface area contributed by atoms with Crippen LogP contribution in [0.15, 0.2) is 58.3 Å². The fourth-order valence-corrected chi connectivity index (χ4v) is 5.56. The van der Waals surface area contributed by atoms with Crippen LogP contribution in [0.2, 0.25) is 0 Å². The molecule has 2 N–H and O–H groups in total. The fourth-order valence-electron chi connectivity index (χ4n) is 3.18. The van der Waals surface area contributed by atoms with E-state index in [2.05, 4.69) is 23.8 Å². The second kappa shape index (κ2) is 8.44. The van der Waals surface area contributed by atoms with E-state index in [0.717, 1.165) is 38.8 Å². The van der Waals surface area contributed by atoms with Crippen molar-refractivity contribution in [3.05, 3.63) is 64.5 Å². The van der Waals surface area contributed by atoms with Gasteiger partial charge in [0.15, 0.2) is 4.90 Å². The summed E-state index contributed by atoms with van der Waals surface area (Å²) in [6.45, 7) is 2.07. The molecule has 1 aromatic heterocycles. The second-order valence-corrected chi connectivity index (χ2v) is 10.6. The maximum absolute atomic E-state index is 12.0. The Kier molecular flexibility index (Phi) is 5.92. The highest BCUT2D eigenvalue weighted by molar-refractivity contribution is 8.00. The van der Waals surface area contributed by atoms with Crippen molar-refractivity contribution in [2.45, 2.75) is 35.5 Å². The summed E-state index contributed by atoms with van der Waals surface area (Å²) in [5.74, 6) is -0.414. The smallest absolute Gasteiger partial charge is 0.335 e. The number of carbonyl (C=O) groups is 1. The molecule has 0 saturated heterocycles. The first-order valence-corrected chi connectivity index (χ1v) is 12.5. The molecule has 7 heteroatoms. The van der Waals surface area contributed by atoms with Gasteiger partial charge < -0.3 is 14.4 Å². The molecule has 2 aromatic carbocycles. The SMILES string of the molecule is Cc1ccc(-c2ccc([S+](C)[O-])cc2NSc2cc(C(=O)O)ccc2C2CC2)s1. The Balaban J connectivity index is 1.68. The summed E-state index contributed by atoms with van der Waals surface area (Å²) in [4.78, 5) is 15.5. The number of nitrogens with one attached hydrogen (secondary N) is 1. The quantitative estimate of drug-likeness (QED) is 0.338. The van der Waals surface area contributed by atoms with Crippen molar-refractivity contribution in [2.75, 3.05) is 11.0 Å². The summed E-state index contributed by atoms with van der Waals surface area (Å²) in [6.07, 6.45) is 3.96. The van der Waals surface area contributed by atoms with Crippen molar-refractivity contribution in [2.24, 2.45) is 0 Å². The average molecular weight is 444 g/mol. The van der Waals surface area contributed by atoms with Gasteiger partial charge in [-0.1, -0.05) is 6.07 Å². The molecule has 4 rings (SSSR count). The molecule has 1 heterocycles. The minimum Gasteiger partial charge on any atom is -0.612 e. The molecule has 1 saturated carbocycles. The molecule has 0 radical (unpaired) electrons. The fraction of sp³-hybridized carbons (Fsp3) is 0.227.